The molecule has 16 heavy (non-hydrogen) atoms. The molecule has 0 aliphatic carbocycles. The van der Waals surface area contributed by atoms with E-state index in [1.165, 1.54) is 0 Å². The van der Waals surface area contributed by atoms with Gasteiger partial charge in [-0.1, -0.05) is 12.1 Å². The van der Waals surface area contributed by atoms with Gasteiger partial charge in [-0.25, -0.2) is 0 Å². The maximum atomic E-state index is 8.89. The van der Waals surface area contributed by atoms with E-state index in [4.69, 9.17) is 15.3 Å². The molecule has 0 fully saturated rings. The molecule has 0 amide bonds. The Morgan fingerprint density at radius 3 is 2.19 bits per heavy atom. The van der Waals surface area contributed by atoms with Crippen LogP contribution in [0.1, 0.15) is 19.4 Å². The van der Waals surface area contributed by atoms with E-state index in [1.807, 2.05) is 43.3 Å². The van der Waals surface area contributed by atoms with Crippen LogP contribution in [-0.2, 0) is 6.42 Å². The zero-order valence-electron chi connectivity index (χ0n) is 9.53. The average molecular weight is 214 g/mol. The first kappa shape index (κ1) is 12.1. The summed E-state index contributed by atoms with van der Waals surface area (Å²) in [5, 5.41) is 17.8. The average Bonchev–Trinajstić information content (AvgIpc) is 2.32. The fraction of sp³-hybridized carbons (Fsp3) is 0.385. The minimum Gasteiger partial charge on any atom is -0.494 e. The third-order valence-electron chi connectivity index (χ3n) is 2.29. The van der Waals surface area contributed by atoms with Gasteiger partial charge in [0, 0.05) is 6.42 Å². The van der Waals surface area contributed by atoms with Crippen LogP contribution < -0.4 is 4.74 Å². The van der Waals surface area contributed by atoms with Crippen LogP contribution in [0, 0.1) is 28.1 Å². The number of benzene rings is 1. The largest absolute Gasteiger partial charge is 0.494 e. The highest BCUT2D eigenvalue weighted by Gasteiger charge is 2.23. The van der Waals surface area contributed by atoms with Gasteiger partial charge in [-0.3, -0.25) is 0 Å². The van der Waals surface area contributed by atoms with Crippen LogP contribution in [-0.4, -0.2) is 6.61 Å². The number of ether oxygens (including phenoxy) is 1. The Morgan fingerprint density at radius 2 is 1.75 bits per heavy atom. The Bertz CT molecular complexity index is 409. The van der Waals surface area contributed by atoms with E-state index >= 15 is 0 Å². The summed E-state index contributed by atoms with van der Waals surface area (Å²) in [6, 6.07) is 11.5. The van der Waals surface area contributed by atoms with Crippen molar-refractivity contribution in [1.29, 1.82) is 10.5 Å². The van der Waals surface area contributed by atoms with Crippen LogP contribution >= 0.6 is 0 Å². The van der Waals surface area contributed by atoms with Gasteiger partial charge in [-0.15, -0.1) is 0 Å². The lowest BCUT2D eigenvalue weighted by Crippen LogP contribution is -2.14. The second-order valence-electron chi connectivity index (χ2n) is 3.81. The number of hydrogen-bond donors (Lipinski definition) is 0. The predicted molar refractivity (Wildman–Crippen MR) is 60.6 cm³/mol. The molecule has 82 valence electrons. The highest BCUT2D eigenvalue weighted by atomic mass is 16.5. The molecule has 0 heterocycles. The Balaban J connectivity index is 2.77. The van der Waals surface area contributed by atoms with Gasteiger partial charge in [-0.05, 0) is 31.5 Å². The van der Waals surface area contributed by atoms with Gasteiger partial charge in [0.2, 0.25) is 0 Å². The van der Waals surface area contributed by atoms with Crippen molar-refractivity contribution in [3.05, 3.63) is 29.8 Å². The first-order valence-electron chi connectivity index (χ1n) is 5.18. The van der Waals surface area contributed by atoms with Crippen LogP contribution in [0.4, 0.5) is 0 Å². The summed E-state index contributed by atoms with van der Waals surface area (Å²) in [6.07, 6.45) is 0.437. The molecule has 3 heteroatoms. The molecular formula is C13H14N2O. The van der Waals surface area contributed by atoms with E-state index in [1.54, 1.807) is 6.92 Å². The summed E-state index contributed by atoms with van der Waals surface area (Å²) in [5.41, 5.74) is 0.0155. The van der Waals surface area contributed by atoms with E-state index in [0.717, 1.165) is 11.3 Å². The SMILES string of the molecule is CCOc1ccc(CC(C)(C#N)C#N)cc1. The Hall–Kier alpha value is -2.00. The second-order valence-corrected chi connectivity index (χ2v) is 3.81. The molecule has 0 spiro atoms. The molecule has 0 unspecified atom stereocenters. The molecule has 0 N–H and O–H groups in total. The first-order valence-corrected chi connectivity index (χ1v) is 5.18. The number of nitriles is 2. The van der Waals surface area contributed by atoms with E-state index in [0.29, 0.717) is 13.0 Å². The lowest BCUT2D eigenvalue weighted by Gasteiger charge is -2.12. The van der Waals surface area contributed by atoms with Gasteiger partial charge >= 0.3 is 0 Å². The van der Waals surface area contributed by atoms with Crippen molar-refractivity contribution in [2.75, 3.05) is 6.61 Å². The van der Waals surface area contributed by atoms with Crippen LogP contribution in [0.3, 0.4) is 0 Å². The standard InChI is InChI=1S/C13H14N2O/c1-3-16-12-6-4-11(5-7-12)8-13(2,9-14)10-15/h4-7H,3,8H2,1-2H3. The minimum absolute atomic E-state index is 0.437. The quantitative estimate of drug-likeness (QED) is 0.774. The molecular weight excluding hydrogens is 200 g/mol. The monoisotopic (exact) mass is 214 g/mol. The lowest BCUT2D eigenvalue weighted by molar-refractivity contribution is 0.340. The number of rotatable bonds is 4. The van der Waals surface area contributed by atoms with Crippen LogP contribution in [0.2, 0.25) is 0 Å². The zero-order valence-corrected chi connectivity index (χ0v) is 9.53. The molecule has 0 aliphatic rings. The number of hydrogen-bond acceptors (Lipinski definition) is 3. The van der Waals surface area contributed by atoms with Gasteiger partial charge < -0.3 is 4.74 Å². The van der Waals surface area contributed by atoms with Crippen LogP contribution in [0.5, 0.6) is 5.75 Å². The van der Waals surface area contributed by atoms with Crippen molar-refractivity contribution >= 4 is 0 Å². The van der Waals surface area contributed by atoms with Gasteiger partial charge in [0.25, 0.3) is 0 Å². The molecule has 1 aromatic rings. The molecule has 0 saturated heterocycles. The summed E-state index contributed by atoms with van der Waals surface area (Å²) >= 11 is 0. The molecule has 1 rings (SSSR count). The summed E-state index contributed by atoms with van der Waals surface area (Å²) < 4.78 is 5.31. The molecule has 0 radical (unpaired) electrons. The van der Waals surface area contributed by atoms with Crippen molar-refractivity contribution in [3.63, 3.8) is 0 Å². The molecule has 0 aromatic heterocycles. The Morgan fingerprint density at radius 1 is 1.19 bits per heavy atom. The maximum absolute atomic E-state index is 8.89. The van der Waals surface area contributed by atoms with E-state index in [-0.39, 0.29) is 0 Å². The molecule has 0 aliphatic heterocycles. The van der Waals surface area contributed by atoms with Gasteiger partial charge in [-0.2, -0.15) is 10.5 Å². The summed E-state index contributed by atoms with van der Waals surface area (Å²) in [5.74, 6) is 0.807. The first-order chi connectivity index (χ1) is 7.63. The Labute approximate surface area is 95.9 Å². The van der Waals surface area contributed by atoms with Crippen LogP contribution in [0.25, 0.3) is 0 Å². The van der Waals surface area contributed by atoms with Gasteiger partial charge in [0.05, 0.1) is 18.7 Å². The third kappa shape index (κ3) is 3.00. The van der Waals surface area contributed by atoms with Crippen molar-refractivity contribution in [2.45, 2.75) is 20.3 Å². The second kappa shape index (κ2) is 5.19. The normalized spacial score (nSPS) is 10.2. The minimum atomic E-state index is -0.951. The van der Waals surface area contributed by atoms with E-state index < -0.39 is 5.41 Å². The summed E-state index contributed by atoms with van der Waals surface area (Å²) in [6.45, 7) is 4.20. The van der Waals surface area contributed by atoms with E-state index in [2.05, 4.69) is 0 Å². The molecule has 1 aromatic carbocycles. The fourth-order valence-electron chi connectivity index (χ4n) is 1.38. The summed E-state index contributed by atoms with van der Waals surface area (Å²) in [7, 11) is 0. The van der Waals surface area contributed by atoms with Crippen molar-refractivity contribution in [1.82, 2.24) is 0 Å². The highest BCUT2D eigenvalue weighted by molar-refractivity contribution is 5.30. The van der Waals surface area contributed by atoms with Crippen LogP contribution in [0.15, 0.2) is 24.3 Å². The fourth-order valence-corrected chi connectivity index (χ4v) is 1.38. The van der Waals surface area contributed by atoms with Gasteiger partial charge in [0.1, 0.15) is 11.2 Å². The number of nitrogens with zero attached hydrogens (tertiary/aromatic N) is 2. The molecule has 0 bridgehead atoms. The Kier molecular flexibility index (Phi) is 3.91. The molecule has 0 atom stereocenters. The molecule has 3 nitrogen and oxygen atoms in total. The lowest BCUT2D eigenvalue weighted by atomic mass is 9.87. The topological polar surface area (TPSA) is 56.8 Å². The maximum Gasteiger partial charge on any atom is 0.145 e. The summed E-state index contributed by atoms with van der Waals surface area (Å²) in [4.78, 5) is 0. The van der Waals surface area contributed by atoms with E-state index in [9.17, 15) is 0 Å². The van der Waals surface area contributed by atoms with Crippen molar-refractivity contribution < 1.29 is 4.74 Å². The third-order valence-corrected chi connectivity index (χ3v) is 2.29. The predicted octanol–water partition coefficient (Wildman–Crippen LogP) is 2.68. The molecule has 0 saturated carbocycles. The zero-order chi connectivity index (χ0) is 12.0. The highest BCUT2D eigenvalue weighted by Crippen LogP contribution is 2.22. The smallest absolute Gasteiger partial charge is 0.145 e. The van der Waals surface area contributed by atoms with Crippen molar-refractivity contribution in [3.8, 4) is 17.9 Å². The van der Waals surface area contributed by atoms with Crippen molar-refractivity contribution in [2.24, 2.45) is 5.41 Å². The van der Waals surface area contributed by atoms with Gasteiger partial charge in [0.15, 0.2) is 0 Å².